The molecule has 4 rings (SSSR count). The van der Waals surface area contributed by atoms with Gasteiger partial charge in [-0.2, -0.15) is 0 Å². The number of aryl methyl sites for hydroxylation is 3. The molecule has 0 aromatic heterocycles. The molecule has 1 fully saturated rings. The van der Waals surface area contributed by atoms with Crippen LogP contribution in [0.1, 0.15) is 108 Å². The summed E-state index contributed by atoms with van der Waals surface area (Å²) in [5.74, 6) is 1.21. The highest BCUT2D eigenvalue weighted by atomic mass is 16.1. The number of nitrogens with zero attached hydrogens (tertiary/aromatic N) is 1. The van der Waals surface area contributed by atoms with E-state index in [0.717, 1.165) is 37.2 Å². The fourth-order valence-electron chi connectivity index (χ4n) is 5.82. The largest absolute Gasteiger partial charge is 0.372 e. The summed E-state index contributed by atoms with van der Waals surface area (Å²) in [5.41, 5.74) is 6.49. The molecule has 0 saturated heterocycles. The van der Waals surface area contributed by atoms with Crippen LogP contribution in [0.15, 0.2) is 72.3 Å². The summed E-state index contributed by atoms with van der Waals surface area (Å²) in [4.78, 5) is 13.3. The number of anilines is 1. The first-order chi connectivity index (χ1) is 19.0. The molecule has 212 valence electrons. The van der Waals surface area contributed by atoms with Crippen LogP contribution in [0.4, 0.5) is 5.69 Å². The highest BCUT2D eigenvalue weighted by Gasteiger charge is 2.13. The molecule has 0 unspecified atom stereocenters. The van der Waals surface area contributed by atoms with Crippen molar-refractivity contribution < 1.29 is 4.79 Å². The van der Waals surface area contributed by atoms with Gasteiger partial charge in [0.25, 0.3) is 0 Å². The van der Waals surface area contributed by atoms with Crippen LogP contribution in [0.3, 0.4) is 0 Å². The van der Waals surface area contributed by atoms with Gasteiger partial charge in [0.15, 0.2) is 5.78 Å². The smallest absolute Gasteiger partial charge is 0.159 e. The van der Waals surface area contributed by atoms with Crippen LogP contribution in [-0.2, 0) is 17.6 Å². The fraction of sp³-hybridized carbons (Fsp3) is 0.541. The molecule has 0 atom stereocenters. The Labute approximate surface area is 239 Å². The minimum absolute atomic E-state index is 0.172. The van der Waals surface area contributed by atoms with Gasteiger partial charge >= 0.3 is 0 Å². The van der Waals surface area contributed by atoms with Crippen molar-refractivity contribution in [2.75, 3.05) is 18.0 Å². The van der Waals surface area contributed by atoms with E-state index < -0.39 is 0 Å². The molecule has 2 aromatic rings. The molecule has 2 aliphatic carbocycles. The maximum Gasteiger partial charge on any atom is 0.159 e. The monoisotopic (exact) mass is 527 g/mol. The fourth-order valence-corrected chi connectivity index (χ4v) is 5.82. The second kappa shape index (κ2) is 17.9. The van der Waals surface area contributed by atoms with Gasteiger partial charge < -0.3 is 4.90 Å². The quantitative estimate of drug-likeness (QED) is 0.242. The summed E-state index contributed by atoms with van der Waals surface area (Å²) in [6, 6.07) is 18.4. The van der Waals surface area contributed by atoms with Gasteiger partial charge in [-0.05, 0) is 81.5 Å². The van der Waals surface area contributed by atoms with Crippen LogP contribution >= 0.6 is 0 Å². The lowest BCUT2D eigenvalue weighted by Crippen LogP contribution is -2.25. The predicted molar refractivity (Wildman–Crippen MR) is 170 cm³/mol. The summed E-state index contributed by atoms with van der Waals surface area (Å²) in [6.45, 7) is 8.43. The first kappa shape index (κ1) is 30.9. The zero-order valence-corrected chi connectivity index (χ0v) is 25.1. The molecule has 0 heterocycles. The number of allylic oxidation sites excluding steroid dienone is 4. The minimum Gasteiger partial charge on any atom is -0.372 e. The highest BCUT2D eigenvalue weighted by Crippen LogP contribution is 2.28. The van der Waals surface area contributed by atoms with Crippen LogP contribution in [0.5, 0.6) is 0 Å². The summed E-state index contributed by atoms with van der Waals surface area (Å²) in [5, 5.41) is 0. The van der Waals surface area contributed by atoms with Crippen LogP contribution in [0.2, 0.25) is 0 Å². The molecular weight excluding hydrogens is 474 g/mol. The third-order valence-electron chi connectivity index (χ3n) is 8.28. The molecule has 2 heteroatoms. The third kappa shape index (κ3) is 12.0. The highest BCUT2D eigenvalue weighted by molar-refractivity contribution is 5.96. The minimum atomic E-state index is 0.172. The third-order valence-corrected chi connectivity index (χ3v) is 8.28. The molecule has 2 aromatic carbocycles. The number of benzene rings is 2. The van der Waals surface area contributed by atoms with E-state index in [0.29, 0.717) is 0 Å². The van der Waals surface area contributed by atoms with Crippen molar-refractivity contribution in [2.24, 2.45) is 5.92 Å². The van der Waals surface area contributed by atoms with Gasteiger partial charge in [0, 0.05) is 24.4 Å². The van der Waals surface area contributed by atoms with Gasteiger partial charge in [-0.3, -0.25) is 4.79 Å². The van der Waals surface area contributed by atoms with Crippen molar-refractivity contribution in [1.82, 2.24) is 0 Å². The number of unbranched alkanes of at least 4 members (excludes halogenated alkanes) is 2. The zero-order valence-electron chi connectivity index (χ0n) is 25.1. The number of carbonyl (C=O) groups excluding carboxylic acids is 1. The van der Waals surface area contributed by atoms with Crippen LogP contribution in [0, 0.1) is 12.8 Å². The molecule has 0 amide bonds. The Bertz CT molecular complexity index is 1010. The molecule has 1 saturated carbocycles. The summed E-state index contributed by atoms with van der Waals surface area (Å²) in [6.07, 6.45) is 24.6. The first-order valence-electron chi connectivity index (χ1n) is 15.8. The predicted octanol–water partition coefficient (Wildman–Crippen LogP) is 9.99. The van der Waals surface area contributed by atoms with Crippen molar-refractivity contribution in [3.05, 3.63) is 89.0 Å². The molecule has 0 radical (unpaired) electrons. The number of Topliss-reactive ketones (excluding diaryl/α,β-unsaturated/α-hetero) is 1. The summed E-state index contributed by atoms with van der Waals surface area (Å²) < 4.78 is 0. The molecule has 0 spiro atoms. The van der Waals surface area contributed by atoms with E-state index in [-0.39, 0.29) is 5.78 Å². The maximum atomic E-state index is 10.7. The van der Waals surface area contributed by atoms with Gasteiger partial charge in [-0.15, -0.1) is 0 Å². The molecule has 0 bridgehead atoms. The molecule has 39 heavy (non-hydrogen) atoms. The topological polar surface area (TPSA) is 20.3 Å². The molecule has 0 N–H and O–H groups in total. The van der Waals surface area contributed by atoms with Crippen molar-refractivity contribution in [3.8, 4) is 0 Å². The van der Waals surface area contributed by atoms with Crippen molar-refractivity contribution in [2.45, 2.75) is 111 Å². The summed E-state index contributed by atoms with van der Waals surface area (Å²) >= 11 is 0. The Kier molecular flexibility index (Phi) is 14.2. The molecule has 2 aliphatic rings. The summed E-state index contributed by atoms with van der Waals surface area (Å²) in [7, 11) is 0. The average molecular weight is 528 g/mol. The van der Waals surface area contributed by atoms with Crippen LogP contribution in [-0.4, -0.2) is 18.9 Å². The number of hydrogen-bond donors (Lipinski definition) is 0. The standard InChI is InChI=1S/C29H43N.C8H10O/c1-3-23-30(24-9-5-8-12-26-10-6-4-7-11-26)29-21-19-28(20-22-29)18-17-27-15-13-25(2)14-16-27;1-7(9)8-5-3-2-4-6-8/h13-16,19-22,26H,3-12,17-18,23-24H2,1-2H3;3,5-6H,2,4H2,1H3. The van der Waals surface area contributed by atoms with E-state index >= 15 is 0 Å². The van der Waals surface area contributed by atoms with Crippen LogP contribution < -0.4 is 4.90 Å². The number of ketones is 1. The SMILES string of the molecule is CC(=O)C1=CCCC=C1.CCCN(CCCCCC1CCCCC1)c1ccc(CCc2ccc(C)cc2)cc1. The first-order valence-corrected chi connectivity index (χ1v) is 15.8. The Morgan fingerprint density at radius 1 is 0.821 bits per heavy atom. The lowest BCUT2D eigenvalue weighted by molar-refractivity contribution is -0.113. The van der Waals surface area contributed by atoms with Gasteiger partial charge in [-0.25, -0.2) is 0 Å². The Morgan fingerprint density at radius 2 is 1.49 bits per heavy atom. The lowest BCUT2D eigenvalue weighted by Gasteiger charge is -2.25. The molecule has 2 nitrogen and oxygen atoms in total. The van der Waals surface area contributed by atoms with E-state index in [9.17, 15) is 4.79 Å². The van der Waals surface area contributed by atoms with Gasteiger partial charge in [0.05, 0.1) is 0 Å². The number of hydrogen-bond acceptors (Lipinski definition) is 2. The average Bonchev–Trinajstić information content (AvgIpc) is 2.98. The van der Waals surface area contributed by atoms with E-state index in [2.05, 4.69) is 67.3 Å². The number of carbonyl (C=O) groups is 1. The van der Waals surface area contributed by atoms with E-state index in [1.807, 2.05) is 18.2 Å². The Hall–Kier alpha value is -2.61. The van der Waals surface area contributed by atoms with E-state index in [1.54, 1.807) is 6.92 Å². The maximum absolute atomic E-state index is 10.7. The van der Waals surface area contributed by atoms with E-state index in [4.69, 9.17) is 0 Å². The van der Waals surface area contributed by atoms with Crippen molar-refractivity contribution >= 4 is 11.5 Å². The van der Waals surface area contributed by atoms with Gasteiger partial charge in [0.1, 0.15) is 0 Å². The van der Waals surface area contributed by atoms with Crippen molar-refractivity contribution in [3.63, 3.8) is 0 Å². The second-order valence-electron chi connectivity index (χ2n) is 11.7. The van der Waals surface area contributed by atoms with Gasteiger partial charge in [-0.1, -0.05) is 118 Å². The molecule has 0 aliphatic heterocycles. The Balaban J connectivity index is 0.000000395. The normalized spacial score (nSPS) is 15.3. The van der Waals surface area contributed by atoms with Crippen LogP contribution in [0.25, 0.3) is 0 Å². The van der Waals surface area contributed by atoms with Crippen molar-refractivity contribution in [1.29, 1.82) is 0 Å². The number of rotatable bonds is 13. The lowest BCUT2D eigenvalue weighted by atomic mass is 9.85. The van der Waals surface area contributed by atoms with Gasteiger partial charge in [0.2, 0.25) is 0 Å². The Morgan fingerprint density at radius 3 is 2.05 bits per heavy atom. The second-order valence-corrected chi connectivity index (χ2v) is 11.7. The van der Waals surface area contributed by atoms with E-state index in [1.165, 1.54) is 99.7 Å². The zero-order chi connectivity index (χ0) is 27.7. The molecular formula is C37H53NO.